The lowest BCUT2D eigenvalue weighted by molar-refractivity contribution is 0.405. The fourth-order valence-corrected chi connectivity index (χ4v) is 1.12. The lowest BCUT2D eigenvalue weighted by atomic mass is 9.82. The van der Waals surface area contributed by atoms with Crippen LogP contribution in [-0.4, -0.2) is 14.9 Å². The molecule has 0 fully saturated rings. The third-order valence-corrected chi connectivity index (χ3v) is 2.53. The number of phenols is 1. The van der Waals surface area contributed by atoms with Gasteiger partial charge in [-0.25, -0.2) is 0 Å². The van der Waals surface area contributed by atoms with E-state index in [1.807, 2.05) is 12.1 Å². The fraction of sp³-hybridized carbons (Fsp3) is 0.455. The molecule has 0 saturated carbocycles. The van der Waals surface area contributed by atoms with Crippen LogP contribution in [0.4, 0.5) is 0 Å². The van der Waals surface area contributed by atoms with Gasteiger partial charge in [0.2, 0.25) is 0 Å². The summed E-state index contributed by atoms with van der Waals surface area (Å²) in [5.41, 5.74) is 1.50. The molecule has 0 radical (unpaired) electrons. The molecule has 1 rings (SSSR count). The van der Waals surface area contributed by atoms with Gasteiger partial charge in [-0.2, -0.15) is 0 Å². The number of benzene rings is 1. The summed E-state index contributed by atoms with van der Waals surface area (Å²) in [7, 11) is -2.87. The molecule has 0 bridgehead atoms. The van der Waals surface area contributed by atoms with Crippen LogP contribution in [0.1, 0.15) is 32.8 Å². The van der Waals surface area contributed by atoms with Gasteiger partial charge >= 0.3 is 8.25 Å². The number of hydrogen-bond donors (Lipinski definition) is 3. The summed E-state index contributed by atoms with van der Waals surface area (Å²) in [6, 6.07) is 7.46. The summed E-state index contributed by atoms with van der Waals surface area (Å²) in [5.74, 6) is 0.339. The number of phenolic OH excluding ortho intramolecular Hbond substituents is 1. The zero-order chi connectivity index (χ0) is 12.8. The standard InChI is InChI=1S/C11H16O.HO3P/c1-4-11(2,3)9-5-7-10(12)8-6-9;1-4(2)3/h5-8,12H,4H2,1-3H3;(H-,1,2,3)/p+1. The second-order valence-corrected chi connectivity index (χ2v) is 4.54. The molecule has 0 atom stereocenters. The van der Waals surface area contributed by atoms with Crippen molar-refractivity contribution >= 4 is 8.25 Å². The molecule has 0 spiro atoms. The minimum absolute atomic E-state index is 0.216. The molecule has 4 nitrogen and oxygen atoms in total. The van der Waals surface area contributed by atoms with Crippen molar-refractivity contribution in [2.24, 2.45) is 0 Å². The summed E-state index contributed by atoms with van der Waals surface area (Å²) in [4.78, 5) is 14.2. The Labute approximate surface area is 96.5 Å². The van der Waals surface area contributed by atoms with Gasteiger partial charge in [-0.1, -0.05) is 32.9 Å². The van der Waals surface area contributed by atoms with E-state index in [4.69, 9.17) is 19.5 Å². The monoisotopic (exact) mass is 245 g/mol. The normalized spacial score (nSPS) is 10.3. The zero-order valence-corrected chi connectivity index (χ0v) is 10.6. The van der Waals surface area contributed by atoms with E-state index in [1.165, 1.54) is 5.56 Å². The quantitative estimate of drug-likeness (QED) is 0.700. The number of rotatable bonds is 2. The van der Waals surface area contributed by atoms with Crippen molar-refractivity contribution in [3.8, 4) is 5.75 Å². The first-order valence-electron chi connectivity index (χ1n) is 4.94. The van der Waals surface area contributed by atoms with Crippen LogP contribution >= 0.6 is 8.25 Å². The van der Waals surface area contributed by atoms with E-state index in [0.717, 1.165) is 6.42 Å². The van der Waals surface area contributed by atoms with Crippen LogP contribution in [0.15, 0.2) is 24.3 Å². The van der Waals surface area contributed by atoms with Crippen molar-refractivity contribution in [3.05, 3.63) is 29.8 Å². The second-order valence-electron chi connectivity index (χ2n) is 4.04. The topological polar surface area (TPSA) is 77.8 Å². The van der Waals surface area contributed by atoms with Gasteiger partial charge in [0.05, 0.1) is 0 Å². The Kier molecular flexibility index (Phi) is 6.19. The van der Waals surface area contributed by atoms with Crippen molar-refractivity contribution in [1.82, 2.24) is 0 Å². The van der Waals surface area contributed by atoms with Gasteiger partial charge in [0.1, 0.15) is 5.75 Å². The predicted molar refractivity (Wildman–Crippen MR) is 63.5 cm³/mol. The maximum atomic E-state index is 9.10. The van der Waals surface area contributed by atoms with Gasteiger partial charge in [-0.15, -0.1) is 9.79 Å². The highest BCUT2D eigenvalue weighted by atomic mass is 31.1. The van der Waals surface area contributed by atoms with Crippen LogP contribution in [0, 0.1) is 0 Å². The minimum Gasteiger partial charge on any atom is -0.508 e. The first kappa shape index (κ1) is 15.0. The van der Waals surface area contributed by atoms with Crippen molar-refractivity contribution in [2.75, 3.05) is 0 Å². The highest BCUT2D eigenvalue weighted by Crippen LogP contribution is 2.27. The van der Waals surface area contributed by atoms with Crippen molar-refractivity contribution < 1.29 is 19.5 Å². The van der Waals surface area contributed by atoms with Gasteiger partial charge in [-0.3, -0.25) is 0 Å². The van der Waals surface area contributed by atoms with E-state index < -0.39 is 8.25 Å². The second kappa shape index (κ2) is 6.59. The van der Waals surface area contributed by atoms with Gasteiger partial charge in [0, 0.05) is 4.57 Å². The van der Waals surface area contributed by atoms with Crippen LogP contribution in [-0.2, 0) is 9.98 Å². The van der Waals surface area contributed by atoms with Gasteiger partial charge in [0.15, 0.2) is 0 Å². The average molecular weight is 245 g/mol. The Morgan fingerprint density at radius 3 is 1.88 bits per heavy atom. The molecule has 0 unspecified atom stereocenters. The maximum Gasteiger partial charge on any atom is 0.692 e. The van der Waals surface area contributed by atoms with E-state index in [-0.39, 0.29) is 5.41 Å². The summed E-state index contributed by atoms with van der Waals surface area (Å²) in [6.45, 7) is 6.59. The first-order valence-corrected chi connectivity index (χ1v) is 6.10. The van der Waals surface area contributed by atoms with Gasteiger partial charge in [0.25, 0.3) is 0 Å². The van der Waals surface area contributed by atoms with Crippen LogP contribution in [0.3, 0.4) is 0 Å². The van der Waals surface area contributed by atoms with E-state index >= 15 is 0 Å². The molecule has 5 heteroatoms. The lowest BCUT2D eigenvalue weighted by Gasteiger charge is -2.22. The Bertz CT molecular complexity index is 328. The molecule has 0 aliphatic heterocycles. The van der Waals surface area contributed by atoms with Crippen LogP contribution in [0.25, 0.3) is 0 Å². The van der Waals surface area contributed by atoms with Crippen LogP contribution in [0.2, 0.25) is 0 Å². The van der Waals surface area contributed by atoms with E-state index in [9.17, 15) is 0 Å². The molecule has 0 heterocycles. The highest BCUT2D eigenvalue weighted by Gasteiger charge is 2.17. The van der Waals surface area contributed by atoms with Crippen molar-refractivity contribution in [1.29, 1.82) is 0 Å². The van der Waals surface area contributed by atoms with Gasteiger partial charge < -0.3 is 5.11 Å². The predicted octanol–water partition coefficient (Wildman–Crippen LogP) is 2.71. The molecule has 90 valence electrons. The van der Waals surface area contributed by atoms with Crippen LogP contribution in [0.5, 0.6) is 5.75 Å². The Morgan fingerprint density at radius 2 is 1.56 bits per heavy atom. The third kappa shape index (κ3) is 5.81. The van der Waals surface area contributed by atoms with Crippen molar-refractivity contribution in [2.45, 2.75) is 32.6 Å². The number of hydrogen-bond acceptors (Lipinski definition) is 2. The molecule has 16 heavy (non-hydrogen) atoms. The SMILES string of the molecule is CCC(C)(C)c1ccc(O)cc1.O=[P+](O)O. The smallest absolute Gasteiger partial charge is 0.508 e. The molecule has 1 aromatic carbocycles. The van der Waals surface area contributed by atoms with E-state index in [0.29, 0.717) is 5.75 Å². The van der Waals surface area contributed by atoms with Crippen molar-refractivity contribution in [3.63, 3.8) is 0 Å². The lowest BCUT2D eigenvalue weighted by Crippen LogP contribution is -2.14. The number of aromatic hydroxyl groups is 1. The molecule has 1 aromatic rings. The Balaban J connectivity index is 0.000000487. The van der Waals surface area contributed by atoms with E-state index in [1.54, 1.807) is 12.1 Å². The summed E-state index contributed by atoms with van der Waals surface area (Å²) in [6.07, 6.45) is 1.11. The summed E-state index contributed by atoms with van der Waals surface area (Å²) < 4.78 is 8.70. The van der Waals surface area contributed by atoms with E-state index in [2.05, 4.69) is 20.8 Å². The highest BCUT2D eigenvalue weighted by molar-refractivity contribution is 7.30. The molecule has 0 aliphatic carbocycles. The largest absolute Gasteiger partial charge is 0.692 e. The molecule has 3 N–H and O–H groups in total. The average Bonchev–Trinajstić information content (AvgIpc) is 2.17. The zero-order valence-electron chi connectivity index (χ0n) is 9.71. The maximum absolute atomic E-state index is 9.10. The summed E-state index contributed by atoms with van der Waals surface area (Å²) in [5, 5.41) is 9.10. The third-order valence-electron chi connectivity index (χ3n) is 2.53. The Morgan fingerprint density at radius 1 is 1.19 bits per heavy atom. The fourth-order valence-electron chi connectivity index (χ4n) is 1.12. The molecule has 0 saturated heterocycles. The molecule has 0 amide bonds. The minimum atomic E-state index is -2.87. The Hall–Kier alpha value is -0.960. The molecule has 0 aromatic heterocycles. The van der Waals surface area contributed by atoms with Gasteiger partial charge in [-0.05, 0) is 29.5 Å². The molecule has 0 aliphatic rings. The first-order chi connectivity index (χ1) is 7.29. The summed E-state index contributed by atoms with van der Waals surface area (Å²) >= 11 is 0. The molecular formula is C11H18O4P+. The molecular weight excluding hydrogens is 227 g/mol. The van der Waals surface area contributed by atoms with Crippen LogP contribution < -0.4 is 0 Å².